The van der Waals surface area contributed by atoms with Crippen LogP contribution in [0.2, 0.25) is 0 Å². The molecule has 70 valence electrons. The molecule has 0 spiro atoms. The minimum Gasteiger partial charge on any atom is -0.365 e. The van der Waals surface area contributed by atoms with Gasteiger partial charge in [-0.2, -0.15) is 0 Å². The zero-order chi connectivity index (χ0) is 9.47. The van der Waals surface area contributed by atoms with Crippen molar-refractivity contribution >= 4 is 11.1 Å². The third kappa shape index (κ3) is 1.65. The molecule has 0 radical (unpaired) electrons. The number of benzene rings is 1. The molecule has 1 fully saturated rings. The van der Waals surface area contributed by atoms with Crippen LogP contribution in [0, 0.1) is 0 Å². The fourth-order valence-electron chi connectivity index (χ4n) is 1.20. The van der Waals surface area contributed by atoms with Gasteiger partial charge in [0.05, 0.1) is 11.5 Å². The van der Waals surface area contributed by atoms with Gasteiger partial charge in [0.25, 0.3) is 0 Å². The number of hydrogen-bond acceptors (Lipinski definition) is 2. The monoisotopic (exact) mass is 198 g/mol. The summed E-state index contributed by atoms with van der Waals surface area (Å²) in [5.41, 5.74) is 0.900. The molecule has 1 N–H and O–H groups in total. The fraction of sp³-hybridized carbons (Fsp3) is 0.333. The van der Waals surface area contributed by atoms with Crippen LogP contribution in [0.25, 0.3) is 0 Å². The second kappa shape index (κ2) is 2.90. The maximum Gasteiger partial charge on any atom is 0.186 e. The lowest BCUT2D eigenvalue weighted by Gasteiger charge is -2.04. The highest BCUT2D eigenvalue weighted by Gasteiger charge is 2.40. The molecular formula is C9H10O3S. The summed E-state index contributed by atoms with van der Waals surface area (Å²) in [5.74, 6) is 0. The summed E-state index contributed by atoms with van der Waals surface area (Å²) >= 11 is -1.88. The van der Waals surface area contributed by atoms with Crippen LogP contribution in [0.5, 0.6) is 0 Å². The van der Waals surface area contributed by atoms with Crippen LogP contribution in [0.4, 0.5) is 0 Å². The van der Waals surface area contributed by atoms with Crippen LogP contribution in [-0.4, -0.2) is 15.4 Å². The van der Waals surface area contributed by atoms with Gasteiger partial charge in [-0.3, -0.25) is 0 Å². The molecule has 0 aromatic heterocycles. The van der Waals surface area contributed by atoms with Gasteiger partial charge in [0.1, 0.15) is 5.60 Å². The second-order valence-electron chi connectivity index (χ2n) is 3.29. The van der Waals surface area contributed by atoms with E-state index in [4.69, 9.17) is 9.29 Å². The average molecular weight is 198 g/mol. The number of epoxide rings is 1. The zero-order valence-corrected chi connectivity index (χ0v) is 8.00. The Morgan fingerprint density at radius 3 is 2.38 bits per heavy atom. The smallest absolute Gasteiger partial charge is 0.186 e. The van der Waals surface area contributed by atoms with Crippen LogP contribution in [0.3, 0.4) is 0 Å². The van der Waals surface area contributed by atoms with Gasteiger partial charge in [-0.25, -0.2) is 4.21 Å². The first-order chi connectivity index (χ1) is 6.12. The summed E-state index contributed by atoms with van der Waals surface area (Å²) in [6.07, 6.45) is 0. The molecule has 2 atom stereocenters. The summed E-state index contributed by atoms with van der Waals surface area (Å²) in [4.78, 5) is 0.424. The molecule has 0 aliphatic carbocycles. The average Bonchev–Trinajstić information content (AvgIpc) is 2.85. The van der Waals surface area contributed by atoms with Crippen LogP contribution in [0.1, 0.15) is 12.5 Å². The highest BCUT2D eigenvalue weighted by molar-refractivity contribution is 7.79. The maximum absolute atomic E-state index is 10.7. The summed E-state index contributed by atoms with van der Waals surface area (Å²) in [7, 11) is 0. The van der Waals surface area contributed by atoms with Gasteiger partial charge < -0.3 is 9.29 Å². The van der Waals surface area contributed by atoms with Crippen molar-refractivity contribution in [3.05, 3.63) is 29.8 Å². The van der Waals surface area contributed by atoms with Crippen molar-refractivity contribution < 1.29 is 13.5 Å². The quantitative estimate of drug-likeness (QED) is 0.579. The molecule has 3 nitrogen and oxygen atoms in total. The maximum atomic E-state index is 10.7. The van der Waals surface area contributed by atoms with E-state index >= 15 is 0 Å². The molecular weight excluding hydrogens is 188 g/mol. The first-order valence-corrected chi connectivity index (χ1v) is 5.08. The SMILES string of the molecule is CC1(c2ccc(S(=O)O)cc2)CO1. The minimum atomic E-state index is -1.88. The Bertz CT molecular complexity index is 340. The Balaban J connectivity index is 2.28. The molecule has 0 amide bonds. The van der Waals surface area contributed by atoms with Gasteiger partial charge in [-0.15, -0.1) is 0 Å². The Kier molecular flexibility index (Phi) is 1.98. The highest BCUT2D eigenvalue weighted by Crippen LogP contribution is 2.37. The van der Waals surface area contributed by atoms with Crippen molar-refractivity contribution in [2.45, 2.75) is 17.4 Å². The van der Waals surface area contributed by atoms with E-state index in [0.717, 1.165) is 12.2 Å². The van der Waals surface area contributed by atoms with E-state index in [1.54, 1.807) is 12.1 Å². The topological polar surface area (TPSA) is 49.8 Å². The van der Waals surface area contributed by atoms with Crippen LogP contribution < -0.4 is 0 Å². The summed E-state index contributed by atoms with van der Waals surface area (Å²) in [5, 5.41) is 0. The first kappa shape index (κ1) is 8.87. The summed E-state index contributed by atoms with van der Waals surface area (Å²) in [6, 6.07) is 6.96. The number of ether oxygens (including phenoxy) is 1. The molecule has 2 rings (SSSR count). The Morgan fingerprint density at radius 1 is 1.46 bits per heavy atom. The lowest BCUT2D eigenvalue weighted by atomic mass is 10.0. The van der Waals surface area contributed by atoms with Crippen LogP contribution >= 0.6 is 0 Å². The predicted octanol–water partition coefficient (Wildman–Crippen LogP) is 1.51. The van der Waals surface area contributed by atoms with E-state index in [-0.39, 0.29) is 5.60 Å². The molecule has 1 aliphatic rings. The van der Waals surface area contributed by atoms with Crippen molar-refractivity contribution in [1.82, 2.24) is 0 Å². The van der Waals surface area contributed by atoms with E-state index in [2.05, 4.69) is 0 Å². The fourth-order valence-corrected chi connectivity index (χ4v) is 1.57. The molecule has 13 heavy (non-hydrogen) atoms. The Labute approximate surface area is 79.0 Å². The molecule has 0 bridgehead atoms. The van der Waals surface area contributed by atoms with Crippen LogP contribution in [0.15, 0.2) is 29.2 Å². The van der Waals surface area contributed by atoms with Gasteiger partial charge in [0.2, 0.25) is 0 Å². The van der Waals surface area contributed by atoms with Crippen molar-refractivity contribution in [2.75, 3.05) is 6.61 Å². The highest BCUT2D eigenvalue weighted by atomic mass is 32.2. The zero-order valence-electron chi connectivity index (χ0n) is 7.19. The molecule has 1 heterocycles. The van der Waals surface area contributed by atoms with Crippen molar-refractivity contribution in [3.63, 3.8) is 0 Å². The van der Waals surface area contributed by atoms with E-state index in [0.29, 0.717) is 4.90 Å². The lowest BCUT2D eigenvalue weighted by molar-refractivity contribution is 0.329. The Morgan fingerprint density at radius 2 is 2.00 bits per heavy atom. The van der Waals surface area contributed by atoms with E-state index in [1.807, 2.05) is 19.1 Å². The van der Waals surface area contributed by atoms with E-state index < -0.39 is 11.1 Å². The largest absolute Gasteiger partial charge is 0.365 e. The summed E-state index contributed by atoms with van der Waals surface area (Å²) < 4.78 is 24.7. The van der Waals surface area contributed by atoms with Gasteiger partial charge in [-0.1, -0.05) is 12.1 Å². The minimum absolute atomic E-state index is 0.157. The standard InChI is InChI=1S/C9H10O3S/c1-9(6-12-9)7-2-4-8(5-3-7)13(10)11/h2-5H,6H2,1H3,(H,10,11). The lowest BCUT2D eigenvalue weighted by Crippen LogP contribution is -2.01. The van der Waals surface area contributed by atoms with Gasteiger partial charge in [-0.05, 0) is 24.6 Å². The second-order valence-corrected chi connectivity index (χ2v) is 4.26. The van der Waals surface area contributed by atoms with Gasteiger partial charge in [0.15, 0.2) is 11.1 Å². The van der Waals surface area contributed by atoms with Crippen molar-refractivity contribution in [3.8, 4) is 0 Å². The molecule has 4 heteroatoms. The molecule has 2 unspecified atom stereocenters. The van der Waals surface area contributed by atoms with Crippen molar-refractivity contribution in [2.24, 2.45) is 0 Å². The summed E-state index contributed by atoms with van der Waals surface area (Å²) in [6.45, 7) is 2.73. The predicted molar refractivity (Wildman–Crippen MR) is 48.8 cm³/mol. The normalized spacial score (nSPS) is 28.5. The molecule has 1 aliphatic heterocycles. The molecule has 1 saturated heterocycles. The Hall–Kier alpha value is -0.710. The van der Waals surface area contributed by atoms with Crippen molar-refractivity contribution in [1.29, 1.82) is 0 Å². The van der Waals surface area contributed by atoms with Crippen LogP contribution in [-0.2, 0) is 21.4 Å². The third-order valence-corrected chi connectivity index (χ3v) is 2.92. The molecule has 1 aromatic carbocycles. The van der Waals surface area contributed by atoms with E-state index in [9.17, 15) is 4.21 Å². The molecule has 0 saturated carbocycles. The van der Waals surface area contributed by atoms with Gasteiger partial charge >= 0.3 is 0 Å². The third-order valence-electron chi connectivity index (χ3n) is 2.24. The number of rotatable bonds is 2. The number of hydrogen-bond donors (Lipinski definition) is 1. The first-order valence-electron chi connectivity index (χ1n) is 3.97. The molecule has 1 aromatic rings. The van der Waals surface area contributed by atoms with E-state index in [1.165, 1.54) is 0 Å². The van der Waals surface area contributed by atoms with Gasteiger partial charge in [0, 0.05) is 0 Å².